The fourth-order valence-corrected chi connectivity index (χ4v) is 2.98. The first-order chi connectivity index (χ1) is 16.6. The molecule has 1 aromatic carbocycles. The largest absolute Gasteiger partial charge is 0.480 e. The molecular weight excluding hydrogens is 466 g/mol. The summed E-state index contributed by atoms with van der Waals surface area (Å²) in [4.78, 5) is 56.8. The number of rotatable bonds is 14. The summed E-state index contributed by atoms with van der Waals surface area (Å²) < 4.78 is 4.61. The van der Waals surface area contributed by atoms with Crippen molar-refractivity contribution in [1.29, 1.82) is 0 Å². The van der Waals surface area contributed by atoms with Gasteiger partial charge < -0.3 is 26.4 Å². The van der Waals surface area contributed by atoms with Crippen LogP contribution in [0.4, 0.5) is 11.4 Å². The molecule has 0 radical (unpaired) electrons. The Kier molecular flexibility index (Phi) is 9.86. The lowest BCUT2D eigenvalue weighted by molar-refractivity contribution is -0.383. The van der Waals surface area contributed by atoms with Crippen LogP contribution in [0.15, 0.2) is 16.8 Å². The van der Waals surface area contributed by atoms with Gasteiger partial charge in [0.15, 0.2) is 5.52 Å². The Balaban J connectivity index is 1.61. The highest BCUT2D eigenvalue weighted by atomic mass is 16.6. The van der Waals surface area contributed by atoms with Crippen LogP contribution in [0.2, 0.25) is 0 Å². The molecule has 190 valence electrons. The quantitative estimate of drug-likeness (QED) is 0.137. The van der Waals surface area contributed by atoms with E-state index in [1.807, 2.05) is 0 Å². The second kappa shape index (κ2) is 12.8. The van der Waals surface area contributed by atoms with Crippen molar-refractivity contribution in [1.82, 2.24) is 26.3 Å². The molecule has 0 fully saturated rings. The number of nitrogens with one attached hydrogen (secondary N) is 4. The average Bonchev–Trinajstić information content (AvgIpc) is 3.29. The van der Waals surface area contributed by atoms with Crippen molar-refractivity contribution < 1.29 is 33.8 Å². The lowest BCUT2D eigenvalue weighted by atomic mass is 10.1. The van der Waals surface area contributed by atoms with Crippen molar-refractivity contribution in [2.45, 2.75) is 51.6 Å². The maximum absolute atomic E-state index is 11.9. The number of nitro benzene ring substituents is 1. The molecule has 1 aromatic heterocycles. The molecule has 3 amide bonds. The number of nitro groups is 1. The second-order valence-corrected chi connectivity index (χ2v) is 7.72. The van der Waals surface area contributed by atoms with Gasteiger partial charge in [-0.2, -0.15) is 0 Å². The first-order valence-electron chi connectivity index (χ1n) is 10.8. The molecule has 0 bridgehead atoms. The van der Waals surface area contributed by atoms with Crippen LogP contribution in [0.3, 0.4) is 0 Å². The SMILES string of the molecule is C[C@@H](NC(=O)[C@@H](C)NC(=O)CNC(=O)CCCCCNc1ccc([N+](=O)[O-])c2nonc12)C(=O)O. The molecule has 0 saturated carbocycles. The molecule has 2 rings (SSSR count). The van der Waals surface area contributed by atoms with Crippen LogP contribution in [0.5, 0.6) is 0 Å². The zero-order valence-electron chi connectivity index (χ0n) is 19.2. The molecule has 15 heteroatoms. The number of amides is 3. The molecule has 1 heterocycles. The van der Waals surface area contributed by atoms with E-state index in [4.69, 9.17) is 5.11 Å². The zero-order valence-corrected chi connectivity index (χ0v) is 19.2. The number of carboxylic acid groups (broad SMARTS) is 1. The lowest BCUT2D eigenvalue weighted by Gasteiger charge is -2.16. The Labute approximate surface area is 199 Å². The van der Waals surface area contributed by atoms with Gasteiger partial charge in [-0.25, -0.2) is 4.63 Å². The van der Waals surface area contributed by atoms with Gasteiger partial charge in [0.2, 0.25) is 23.2 Å². The van der Waals surface area contributed by atoms with Gasteiger partial charge in [0, 0.05) is 19.0 Å². The summed E-state index contributed by atoms with van der Waals surface area (Å²) in [6.45, 7) is 2.92. The highest BCUT2D eigenvalue weighted by Gasteiger charge is 2.21. The number of aliphatic carboxylic acids is 1. The first-order valence-corrected chi connectivity index (χ1v) is 10.8. The third-order valence-electron chi connectivity index (χ3n) is 4.93. The van der Waals surface area contributed by atoms with Gasteiger partial charge in [-0.05, 0) is 43.1 Å². The molecule has 0 aliphatic heterocycles. The number of carbonyl (C=O) groups is 4. The molecule has 0 spiro atoms. The van der Waals surface area contributed by atoms with Crippen LogP contribution in [-0.4, -0.2) is 69.2 Å². The van der Waals surface area contributed by atoms with Crippen LogP contribution in [0.25, 0.3) is 11.0 Å². The number of hydrogen-bond donors (Lipinski definition) is 5. The molecule has 2 atom stereocenters. The molecular formula is C20H27N7O8. The monoisotopic (exact) mass is 493 g/mol. The minimum absolute atomic E-state index is 0.0607. The molecule has 0 aliphatic carbocycles. The van der Waals surface area contributed by atoms with Gasteiger partial charge >= 0.3 is 11.7 Å². The number of nitrogens with zero attached hydrogens (tertiary/aromatic N) is 3. The number of carboxylic acids is 1. The predicted molar refractivity (Wildman–Crippen MR) is 121 cm³/mol. The van der Waals surface area contributed by atoms with Crippen LogP contribution >= 0.6 is 0 Å². The Bertz CT molecular complexity index is 1090. The molecule has 0 saturated heterocycles. The maximum atomic E-state index is 11.9. The number of carbonyl (C=O) groups excluding carboxylic acids is 3. The van der Waals surface area contributed by atoms with Crippen molar-refractivity contribution in [3.05, 3.63) is 22.2 Å². The van der Waals surface area contributed by atoms with E-state index >= 15 is 0 Å². The maximum Gasteiger partial charge on any atom is 0.325 e. The zero-order chi connectivity index (χ0) is 26.0. The number of hydrogen-bond acceptors (Lipinski definition) is 10. The predicted octanol–water partition coefficient (Wildman–Crippen LogP) is 0.314. The summed E-state index contributed by atoms with van der Waals surface area (Å²) in [6, 6.07) is 0.796. The number of non-ortho nitro benzene ring substituents is 1. The fraction of sp³-hybridized carbons (Fsp3) is 0.500. The van der Waals surface area contributed by atoms with Crippen molar-refractivity contribution in [3.63, 3.8) is 0 Å². The van der Waals surface area contributed by atoms with Crippen LogP contribution in [-0.2, 0) is 19.2 Å². The number of aromatic nitrogens is 2. The highest BCUT2D eigenvalue weighted by molar-refractivity contribution is 5.93. The Morgan fingerprint density at radius 2 is 1.74 bits per heavy atom. The molecule has 15 nitrogen and oxygen atoms in total. The first kappa shape index (κ1) is 26.9. The molecule has 0 aliphatic rings. The van der Waals surface area contributed by atoms with E-state index in [0.717, 1.165) is 0 Å². The van der Waals surface area contributed by atoms with Gasteiger partial charge in [-0.1, -0.05) is 6.42 Å². The lowest BCUT2D eigenvalue weighted by Crippen LogP contribution is -2.51. The Morgan fingerprint density at radius 1 is 1.03 bits per heavy atom. The van der Waals surface area contributed by atoms with Crippen LogP contribution < -0.4 is 21.3 Å². The van der Waals surface area contributed by atoms with Gasteiger partial charge in [-0.3, -0.25) is 29.3 Å². The van der Waals surface area contributed by atoms with Crippen LogP contribution in [0, 0.1) is 10.1 Å². The van der Waals surface area contributed by atoms with Crippen molar-refractivity contribution in [2.75, 3.05) is 18.4 Å². The van der Waals surface area contributed by atoms with Gasteiger partial charge in [0.25, 0.3) is 0 Å². The van der Waals surface area contributed by atoms with Gasteiger partial charge in [-0.15, -0.1) is 0 Å². The summed E-state index contributed by atoms with van der Waals surface area (Å²) in [5.41, 5.74) is 0.679. The highest BCUT2D eigenvalue weighted by Crippen LogP contribution is 2.28. The normalized spacial score (nSPS) is 12.4. The minimum atomic E-state index is -1.20. The smallest absolute Gasteiger partial charge is 0.325 e. The minimum Gasteiger partial charge on any atom is -0.480 e. The van der Waals surface area contributed by atoms with Crippen LogP contribution in [0.1, 0.15) is 39.5 Å². The topological polar surface area (TPSA) is 219 Å². The van der Waals surface area contributed by atoms with Crippen molar-refractivity contribution in [3.8, 4) is 0 Å². The van der Waals surface area contributed by atoms with Gasteiger partial charge in [0.1, 0.15) is 12.1 Å². The van der Waals surface area contributed by atoms with E-state index in [-0.39, 0.29) is 35.6 Å². The van der Waals surface area contributed by atoms with Gasteiger partial charge in [0.05, 0.1) is 17.2 Å². The number of benzene rings is 1. The summed E-state index contributed by atoms with van der Waals surface area (Å²) in [5, 5.41) is 37.2. The molecule has 5 N–H and O–H groups in total. The Hall–Kier alpha value is -4.30. The molecule has 2 aromatic rings. The average molecular weight is 493 g/mol. The standard InChI is InChI=1S/C20H27N7O8/c1-11(19(30)24-12(2)20(31)32)23-16(29)10-22-15(28)6-4-3-5-9-21-13-7-8-14(27(33)34)18-17(13)25-35-26-18/h7-8,11-12,21H,3-6,9-10H2,1-2H3,(H,22,28)(H,23,29)(H,24,30)(H,31,32)/t11-,12-/m1/s1. The van der Waals surface area contributed by atoms with E-state index in [9.17, 15) is 29.3 Å². The van der Waals surface area contributed by atoms with Crippen molar-refractivity contribution >= 4 is 46.1 Å². The third-order valence-corrected chi connectivity index (χ3v) is 4.93. The Morgan fingerprint density at radius 3 is 2.43 bits per heavy atom. The fourth-order valence-electron chi connectivity index (χ4n) is 2.98. The van der Waals surface area contributed by atoms with E-state index in [2.05, 4.69) is 36.2 Å². The summed E-state index contributed by atoms with van der Waals surface area (Å²) in [7, 11) is 0. The van der Waals surface area contributed by atoms with E-state index in [1.165, 1.54) is 26.0 Å². The second-order valence-electron chi connectivity index (χ2n) is 7.72. The molecule has 35 heavy (non-hydrogen) atoms. The van der Waals surface area contributed by atoms with Crippen molar-refractivity contribution in [2.24, 2.45) is 0 Å². The summed E-state index contributed by atoms with van der Waals surface area (Å²) in [6.07, 6.45) is 2.19. The third kappa shape index (κ3) is 8.21. The summed E-state index contributed by atoms with van der Waals surface area (Å²) >= 11 is 0. The number of unbranched alkanes of at least 4 members (excludes halogenated alkanes) is 2. The van der Waals surface area contributed by atoms with E-state index < -0.39 is 34.8 Å². The summed E-state index contributed by atoms with van der Waals surface area (Å²) in [5.74, 6) is -2.75. The number of anilines is 1. The number of fused-ring (bicyclic) bond motifs is 1. The van der Waals surface area contributed by atoms with E-state index in [1.54, 1.807) is 0 Å². The van der Waals surface area contributed by atoms with E-state index in [0.29, 0.717) is 31.5 Å². The molecule has 0 unspecified atom stereocenters.